The molecule has 34 heavy (non-hydrogen) atoms. The van der Waals surface area contributed by atoms with Crippen LogP contribution >= 0.6 is 0 Å². The molecule has 2 heterocycles. The summed E-state index contributed by atoms with van der Waals surface area (Å²) in [5.74, 6) is -3.91. The van der Waals surface area contributed by atoms with Crippen molar-refractivity contribution < 1.29 is 19.5 Å². The van der Waals surface area contributed by atoms with E-state index >= 15 is 0 Å². The summed E-state index contributed by atoms with van der Waals surface area (Å²) in [5, 5.41) is 15.8. The van der Waals surface area contributed by atoms with Crippen molar-refractivity contribution in [2.24, 2.45) is 17.8 Å². The van der Waals surface area contributed by atoms with Crippen LogP contribution in [0.3, 0.4) is 0 Å². The van der Waals surface area contributed by atoms with Crippen LogP contribution in [-0.2, 0) is 20.9 Å². The maximum absolute atomic E-state index is 13.8. The van der Waals surface area contributed by atoms with E-state index in [4.69, 9.17) is 0 Å². The molecule has 0 aliphatic carbocycles. The van der Waals surface area contributed by atoms with Crippen LogP contribution < -0.4 is 5.32 Å². The van der Waals surface area contributed by atoms with Gasteiger partial charge in [0.05, 0.1) is 18.4 Å². The predicted octanol–water partition coefficient (Wildman–Crippen LogP) is 4.16. The highest BCUT2D eigenvalue weighted by atomic mass is 16.4. The third-order valence-corrected chi connectivity index (χ3v) is 7.77. The van der Waals surface area contributed by atoms with E-state index < -0.39 is 35.3 Å². The van der Waals surface area contributed by atoms with Gasteiger partial charge >= 0.3 is 5.97 Å². The Morgan fingerprint density at radius 1 is 1.00 bits per heavy atom. The lowest BCUT2D eigenvalue weighted by molar-refractivity contribution is -0.154. The van der Waals surface area contributed by atoms with Crippen LogP contribution in [-0.4, -0.2) is 33.3 Å². The maximum atomic E-state index is 13.8. The third-order valence-electron chi connectivity index (χ3n) is 7.77. The van der Waals surface area contributed by atoms with E-state index in [9.17, 15) is 19.5 Å². The number of hydrogen-bond acceptors (Lipinski definition) is 4. The Morgan fingerprint density at radius 3 is 2.38 bits per heavy atom. The summed E-state index contributed by atoms with van der Waals surface area (Å²) >= 11 is 0. The van der Waals surface area contributed by atoms with Gasteiger partial charge in [0.15, 0.2) is 0 Å². The van der Waals surface area contributed by atoms with Crippen molar-refractivity contribution in [2.45, 2.75) is 38.4 Å². The van der Waals surface area contributed by atoms with Gasteiger partial charge in [0.1, 0.15) is 5.54 Å². The molecule has 6 nitrogen and oxygen atoms in total. The summed E-state index contributed by atoms with van der Waals surface area (Å²) in [7, 11) is 0. The molecule has 0 saturated carbocycles. The van der Waals surface area contributed by atoms with Gasteiger partial charge in [-0.25, -0.2) is 0 Å². The van der Waals surface area contributed by atoms with Crippen LogP contribution in [0, 0.1) is 17.8 Å². The van der Waals surface area contributed by atoms with Crippen LogP contribution in [0.1, 0.15) is 37.4 Å². The summed E-state index contributed by atoms with van der Waals surface area (Å²) in [6.45, 7) is 3.91. The molecule has 3 aromatic carbocycles. The zero-order valence-corrected chi connectivity index (χ0v) is 19.3. The van der Waals surface area contributed by atoms with E-state index in [2.05, 4.69) is 5.32 Å². The van der Waals surface area contributed by atoms with Gasteiger partial charge in [0, 0.05) is 6.04 Å². The van der Waals surface area contributed by atoms with E-state index in [0.717, 1.165) is 21.9 Å². The first-order valence-electron chi connectivity index (χ1n) is 11.8. The van der Waals surface area contributed by atoms with E-state index in [-0.39, 0.29) is 18.4 Å². The molecule has 2 aliphatic heterocycles. The van der Waals surface area contributed by atoms with Gasteiger partial charge < -0.3 is 5.11 Å². The fraction of sp³-hybridized carbons (Fsp3) is 0.321. The average Bonchev–Trinajstić information content (AvgIpc) is 3.34. The first-order valence-corrected chi connectivity index (χ1v) is 11.8. The summed E-state index contributed by atoms with van der Waals surface area (Å²) < 4.78 is 0. The molecule has 0 bridgehead atoms. The van der Waals surface area contributed by atoms with Gasteiger partial charge in [-0.3, -0.25) is 24.6 Å². The Kier molecular flexibility index (Phi) is 5.48. The van der Waals surface area contributed by atoms with Gasteiger partial charge in [-0.2, -0.15) is 0 Å². The zero-order chi connectivity index (χ0) is 24.0. The van der Waals surface area contributed by atoms with Crippen molar-refractivity contribution >= 4 is 28.6 Å². The van der Waals surface area contributed by atoms with Crippen molar-refractivity contribution in [1.82, 2.24) is 10.2 Å². The monoisotopic (exact) mass is 456 g/mol. The number of likely N-dealkylation sites (tertiary alicyclic amines) is 1. The molecule has 0 radical (unpaired) electrons. The van der Waals surface area contributed by atoms with Crippen molar-refractivity contribution in [3.8, 4) is 0 Å². The molecule has 2 saturated heterocycles. The van der Waals surface area contributed by atoms with Crippen LogP contribution in [0.15, 0.2) is 72.8 Å². The van der Waals surface area contributed by atoms with Crippen LogP contribution in [0.5, 0.6) is 0 Å². The summed E-state index contributed by atoms with van der Waals surface area (Å²) in [5.41, 5.74) is 0.157. The Balaban J connectivity index is 1.67. The van der Waals surface area contributed by atoms with Gasteiger partial charge in [-0.05, 0) is 27.8 Å². The van der Waals surface area contributed by atoms with Crippen LogP contribution in [0.2, 0.25) is 0 Å². The maximum Gasteiger partial charge on any atom is 0.325 e. The lowest BCUT2D eigenvalue weighted by Crippen LogP contribution is -2.59. The number of carboxylic acids is 1. The minimum absolute atomic E-state index is 0.143. The first-order chi connectivity index (χ1) is 16.4. The standard InChI is InChI=1S/C28H28N2O4/c1-3-17(2)28(27(33)34)23-22(25(31)30(26(23)32)16-18-10-5-4-6-11-18)24(29-28)21-15-9-13-19-12-7-8-14-20(19)21/h4-15,17,22-24,29H,3,16H2,1-2H3,(H,33,34). The number of carbonyl (C=O) groups excluding carboxylic acids is 2. The Bertz CT molecular complexity index is 1270. The molecule has 174 valence electrons. The molecule has 6 heteroatoms. The molecule has 5 rings (SSSR count). The highest BCUT2D eigenvalue weighted by molar-refractivity contribution is 6.09. The number of nitrogens with zero attached hydrogens (tertiary/aromatic N) is 1. The minimum atomic E-state index is -1.53. The summed E-state index contributed by atoms with van der Waals surface area (Å²) in [4.78, 5) is 41.7. The normalized spacial score (nSPS) is 27.2. The van der Waals surface area contributed by atoms with E-state index in [1.54, 1.807) is 0 Å². The quantitative estimate of drug-likeness (QED) is 0.544. The SMILES string of the molecule is CCC(C)C1(C(=O)O)NC(c2cccc3ccccc23)C2C(=O)N(Cc3ccccc3)C(=O)C21. The van der Waals surface area contributed by atoms with Gasteiger partial charge in [-0.1, -0.05) is 93.1 Å². The van der Waals surface area contributed by atoms with Gasteiger partial charge in [0.25, 0.3) is 0 Å². The number of amides is 2. The fourth-order valence-electron chi connectivity index (χ4n) is 5.89. The highest BCUT2D eigenvalue weighted by Crippen LogP contribution is 2.53. The second kappa shape index (κ2) is 8.37. The highest BCUT2D eigenvalue weighted by Gasteiger charge is 2.69. The molecule has 3 aromatic rings. The zero-order valence-electron chi connectivity index (χ0n) is 19.3. The van der Waals surface area contributed by atoms with Crippen molar-refractivity contribution in [3.05, 3.63) is 83.9 Å². The van der Waals surface area contributed by atoms with Crippen LogP contribution in [0.25, 0.3) is 10.8 Å². The smallest absolute Gasteiger partial charge is 0.325 e. The lowest BCUT2D eigenvalue weighted by atomic mass is 9.71. The summed E-state index contributed by atoms with van der Waals surface area (Å²) in [6, 6.07) is 22.5. The number of carboxylic acid groups (broad SMARTS) is 1. The topological polar surface area (TPSA) is 86.7 Å². The molecule has 5 atom stereocenters. The number of hydrogen-bond donors (Lipinski definition) is 2. The van der Waals surface area contributed by atoms with E-state index in [1.165, 1.54) is 4.90 Å². The number of benzene rings is 3. The second-order valence-electron chi connectivity index (χ2n) is 9.43. The number of nitrogens with one attached hydrogen (secondary N) is 1. The second-order valence-corrected chi connectivity index (χ2v) is 9.43. The van der Waals surface area contributed by atoms with E-state index in [0.29, 0.717) is 6.42 Å². The predicted molar refractivity (Wildman–Crippen MR) is 129 cm³/mol. The number of carbonyl (C=O) groups is 3. The van der Waals surface area contributed by atoms with Crippen molar-refractivity contribution in [3.63, 3.8) is 0 Å². The van der Waals surface area contributed by atoms with Crippen molar-refractivity contribution in [2.75, 3.05) is 0 Å². The molecule has 2 fully saturated rings. The average molecular weight is 457 g/mol. The molecular formula is C28H28N2O4. The molecule has 2 aliphatic rings. The minimum Gasteiger partial charge on any atom is -0.480 e. The van der Waals surface area contributed by atoms with Gasteiger partial charge in [-0.15, -0.1) is 0 Å². The Hall–Kier alpha value is -3.51. The van der Waals surface area contributed by atoms with E-state index in [1.807, 2.05) is 86.6 Å². The molecule has 2 amide bonds. The number of imide groups is 1. The first kappa shape index (κ1) is 22.3. The van der Waals surface area contributed by atoms with Gasteiger partial charge in [0.2, 0.25) is 11.8 Å². The fourth-order valence-corrected chi connectivity index (χ4v) is 5.89. The summed E-state index contributed by atoms with van der Waals surface area (Å²) in [6.07, 6.45) is 0.560. The molecule has 2 N–H and O–H groups in total. The van der Waals surface area contributed by atoms with Crippen molar-refractivity contribution in [1.29, 1.82) is 0 Å². The number of fused-ring (bicyclic) bond motifs is 2. The molecule has 5 unspecified atom stereocenters. The lowest BCUT2D eigenvalue weighted by Gasteiger charge is -2.36. The van der Waals surface area contributed by atoms with Crippen LogP contribution in [0.4, 0.5) is 0 Å². The molecule has 0 spiro atoms. The molecular weight excluding hydrogens is 428 g/mol. The number of rotatable bonds is 6. The third kappa shape index (κ3) is 3.16. The number of aliphatic carboxylic acids is 1. The Morgan fingerprint density at radius 2 is 1.68 bits per heavy atom. The molecule has 0 aromatic heterocycles. The largest absolute Gasteiger partial charge is 0.480 e. The Labute approximate surface area is 198 Å².